The van der Waals surface area contributed by atoms with E-state index in [0.717, 1.165) is 10.8 Å². The van der Waals surface area contributed by atoms with E-state index in [1.165, 1.54) is 10.6 Å². The first-order valence-electron chi connectivity index (χ1n) is 9.41. The van der Waals surface area contributed by atoms with Crippen LogP contribution in [0.4, 0.5) is 0 Å². The Morgan fingerprint density at radius 1 is 0.897 bits per heavy atom. The number of fused-ring (bicyclic) bond motifs is 1. The van der Waals surface area contributed by atoms with Crippen molar-refractivity contribution in [2.75, 3.05) is 19.3 Å². The van der Waals surface area contributed by atoms with Crippen molar-refractivity contribution in [3.8, 4) is 0 Å². The number of pyridine rings is 1. The maximum atomic E-state index is 13.1. The summed E-state index contributed by atoms with van der Waals surface area (Å²) in [6.07, 6.45) is 3.83. The lowest BCUT2D eigenvalue weighted by molar-refractivity contribution is 0.314. The van der Waals surface area contributed by atoms with Gasteiger partial charge in [0.05, 0.1) is 15.5 Å². The van der Waals surface area contributed by atoms with Crippen molar-refractivity contribution in [3.63, 3.8) is 0 Å². The van der Waals surface area contributed by atoms with E-state index >= 15 is 0 Å². The van der Waals surface area contributed by atoms with Crippen molar-refractivity contribution in [2.45, 2.75) is 28.6 Å². The molecule has 0 unspecified atom stereocenters. The molecule has 29 heavy (non-hydrogen) atoms. The van der Waals surface area contributed by atoms with E-state index in [1.807, 2.05) is 30.3 Å². The highest BCUT2D eigenvalue weighted by Gasteiger charge is 2.32. The van der Waals surface area contributed by atoms with Crippen molar-refractivity contribution in [1.82, 2.24) is 9.29 Å². The summed E-state index contributed by atoms with van der Waals surface area (Å²) in [4.78, 5) is 4.82. The Kier molecular flexibility index (Phi) is 5.18. The third-order valence-corrected chi connectivity index (χ3v) is 8.44. The highest BCUT2D eigenvalue weighted by Crippen LogP contribution is 2.33. The largest absolute Gasteiger partial charge is 0.260 e. The quantitative estimate of drug-likeness (QED) is 0.635. The van der Waals surface area contributed by atoms with E-state index in [-0.39, 0.29) is 15.7 Å². The molecule has 0 amide bonds. The fraction of sp³-hybridized carbons (Fsp3) is 0.286. The van der Waals surface area contributed by atoms with Gasteiger partial charge in [0.25, 0.3) is 0 Å². The van der Waals surface area contributed by atoms with E-state index in [4.69, 9.17) is 0 Å². The molecule has 152 valence electrons. The lowest BCUT2D eigenvalue weighted by Crippen LogP contribution is -2.38. The molecule has 2 heterocycles. The third kappa shape index (κ3) is 3.92. The maximum absolute atomic E-state index is 13.1. The van der Waals surface area contributed by atoms with Gasteiger partial charge in [0.2, 0.25) is 10.0 Å². The molecule has 1 aliphatic rings. The summed E-state index contributed by atoms with van der Waals surface area (Å²) in [5.74, 6) is -0.0796. The molecule has 0 atom stereocenters. The van der Waals surface area contributed by atoms with Crippen LogP contribution in [0.1, 0.15) is 24.5 Å². The summed E-state index contributed by atoms with van der Waals surface area (Å²) in [5.41, 5.74) is 0.540. The van der Waals surface area contributed by atoms with Crippen molar-refractivity contribution < 1.29 is 16.8 Å². The molecule has 1 aliphatic heterocycles. The first kappa shape index (κ1) is 20.0. The second kappa shape index (κ2) is 7.51. The van der Waals surface area contributed by atoms with Crippen molar-refractivity contribution in [3.05, 3.63) is 66.5 Å². The van der Waals surface area contributed by atoms with E-state index in [9.17, 15) is 16.8 Å². The van der Waals surface area contributed by atoms with Crippen molar-refractivity contribution in [2.24, 2.45) is 0 Å². The molecule has 1 saturated heterocycles. The van der Waals surface area contributed by atoms with Gasteiger partial charge in [-0.25, -0.2) is 16.8 Å². The number of sulfonamides is 1. The van der Waals surface area contributed by atoms with Crippen molar-refractivity contribution >= 4 is 30.6 Å². The highest BCUT2D eigenvalue weighted by atomic mass is 32.2. The fourth-order valence-electron chi connectivity index (χ4n) is 3.87. The molecule has 0 radical (unpaired) electrons. The first-order chi connectivity index (χ1) is 13.8. The zero-order valence-electron chi connectivity index (χ0n) is 16.0. The molecule has 6 nitrogen and oxygen atoms in total. The van der Waals surface area contributed by atoms with Crippen LogP contribution in [0.3, 0.4) is 0 Å². The molecule has 0 bridgehead atoms. The number of aromatic nitrogens is 1. The minimum Gasteiger partial charge on any atom is -0.260 e. The lowest BCUT2D eigenvalue weighted by atomic mass is 9.94. The van der Waals surface area contributed by atoms with E-state index < -0.39 is 19.9 Å². The molecule has 4 rings (SSSR count). The van der Waals surface area contributed by atoms with Crippen LogP contribution in [0.25, 0.3) is 10.8 Å². The summed E-state index contributed by atoms with van der Waals surface area (Å²) in [7, 11) is -6.99. The highest BCUT2D eigenvalue weighted by molar-refractivity contribution is 7.90. The van der Waals surface area contributed by atoms with Gasteiger partial charge in [-0.1, -0.05) is 30.3 Å². The zero-order valence-corrected chi connectivity index (χ0v) is 17.7. The molecule has 1 aromatic heterocycles. The Hall–Kier alpha value is -2.29. The second-order valence-electron chi connectivity index (χ2n) is 7.35. The number of rotatable bonds is 4. The number of hydrogen-bond acceptors (Lipinski definition) is 5. The molecule has 0 aliphatic carbocycles. The van der Waals surface area contributed by atoms with Gasteiger partial charge in [-0.3, -0.25) is 4.98 Å². The minimum absolute atomic E-state index is 0.0796. The van der Waals surface area contributed by atoms with Gasteiger partial charge in [0, 0.05) is 31.5 Å². The Labute approximate surface area is 171 Å². The van der Waals surface area contributed by atoms with Gasteiger partial charge < -0.3 is 0 Å². The average molecular weight is 431 g/mol. The van der Waals surface area contributed by atoms with Crippen LogP contribution in [-0.4, -0.2) is 45.5 Å². The van der Waals surface area contributed by atoms with Gasteiger partial charge in [-0.15, -0.1) is 0 Å². The maximum Gasteiger partial charge on any atom is 0.243 e. The Morgan fingerprint density at radius 2 is 1.59 bits per heavy atom. The number of sulfone groups is 1. The topological polar surface area (TPSA) is 84.4 Å². The number of hydrogen-bond donors (Lipinski definition) is 0. The molecule has 3 aromatic rings. The summed E-state index contributed by atoms with van der Waals surface area (Å²) < 4.78 is 51.8. The lowest BCUT2D eigenvalue weighted by Gasteiger charge is -2.31. The van der Waals surface area contributed by atoms with Gasteiger partial charge in [0.15, 0.2) is 9.84 Å². The summed E-state index contributed by atoms with van der Waals surface area (Å²) >= 11 is 0. The van der Waals surface area contributed by atoms with Crippen LogP contribution >= 0.6 is 0 Å². The van der Waals surface area contributed by atoms with Gasteiger partial charge in [-0.05, 0) is 47.9 Å². The monoisotopic (exact) mass is 430 g/mol. The number of nitrogens with zero attached hydrogens (tertiary/aromatic N) is 2. The predicted octanol–water partition coefficient (Wildman–Crippen LogP) is 3.21. The molecular formula is C21H22N2O4S2. The van der Waals surface area contributed by atoms with Gasteiger partial charge in [0.1, 0.15) is 0 Å². The summed E-state index contributed by atoms with van der Waals surface area (Å²) in [6, 6.07) is 16.0. The molecular weight excluding hydrogens is 408 g/mol. The van der Waals surface area contributed by atoms with E-state index in [2.05, 4.69) is 4.98 Å². The summed E-state index contributed by atoms with van der Waals surface area (Å²) in [6.45, 7) is 0.666. The Morgan fingerprint density at radius 3 is 2.28 bits per heavy atom. The number of piperidine rings is 1. The third-order valence-electron chi connectivity index (χ3n) is 5.40. The van der Waals surface area contributed by atoms with Gasteiger partial charge in [-0.2, -0.15) is 4.31 Å². The smallest absolute Gasteiger partial charge is 0.243 e. The van der Waals surface area contributed by atoms with E-state index in [0.29, 0.717) is 31.6 Å². The molecule has 0 saturated carbocycles. The van der Waals surface area contributed by atoms with Crippen LogP contribution in [0.5, 0.6) is 0 Å². The van der Waals surface area contributed by atoms with Crippen LogP contribution in [-0.2, 0) is 19.9 Å². The summed E-state index contributed by atoms with van der Waals surface area (Å²) in [5, 5.41) is 1.88. The van der Waals surface area contributed by atoms with Crippen LogP contribution < -0.4 is 0 Å². The molecule has 0 spiro atoms. The molecule has 2 aromatic carbocycles. The Bertz CT molecular complexity index is 1260. The number of benzene rings is 2. The van der Waals surface area contributed by atoms with Gasteiger partial charge >= 0.3 is 0 Å². The van der Waals surface area contributed by atoms with E-state index in [1.54, 1.807) is 30.5 Å². The molecule has 1 fully saturated rings. The predicted molar refractivity (Wildman–Crippen MR) is 112 cm³/mol. The van der Waals surface area contributed by atoms with Crippen molar-refractivity contribution in [1.29, 1.82) is 0 Å². The SMILES string of the molecule is CS(=O)(=O)c1cccnc1C1CCN(S(=O)(=O)c2ccc3ccccc3c2)CC1. The molecule has 0 N–H and O–H groups in total. The standard InChI is InChI=1S/C21H22N2O4S2/c1-28(24,25)20-7-4-12-22-21(20)17-10-13-23(14-11-17)29(26,27)19-9-8-16-5-2-3-6-18(16)15-19/h2-9,12,15,17H,10-11,13-14H2,1H3. The fourth-order valence-corrected chi connectivity index (χ4v) is 6.30. The normalized spacial score (nSPS) is 16.9. The van der Waals surface area contributed by atoms with Crippen LogP contribution in [0.2, 0.25) is 0 Å². The Balaban J connectivity index is 1.56. The minimum atomic E-state index is -3.60. The first-order valence-corrected chi connectivity index (χ1v) is 12.7. The van der Waals surface area contributed by atoms with Crippen LogP contribution in [0, 0.1) is 0 Å². The molecule has 8 heteroatoms. The van der Waals surface area contributed by atoms with Crippen LogP contribution in [0.15, 0.2) is 70.6 Å². The zero-order chi connectivity index (χ0) is 20.6. The average Bonchev–Trinajstić information content (AvgIpc) is 2.73. The second-order valence-corrected chi connectivity index (χ2v) is 11.3.